The minimum atomic E-state index is -0.362. The molecule has 2 aromatic carbocycles. The van der Waals surface area contributed by atoms with Gasteiger partial charge in [-0.05, 0) is 56.2 Å². The van der Waals surface area contributed by atoms with Gasteiger partial charge in [-0.15, -0.1) is 0 Å². The molecule has 120 valence electrons. The highest BCUT2D eigenvalue weighted by Gasteiger charge is 2.06. The van der Waals surface area contributed by atoms with Gasteiger partial charge in [-0.2, -0.15) is 5.10 Å². The molecule has 0 radical (unpaired) electrons. The zero-order valence-corrected chi connectivity index (χ0v) is 13.5. The molecule has 0 saturated heterocycles. The lowest BCUT2D eigenvalue weighted by molar-refractivity contribution is -0.123. The maximum atomic E-state index is 11.8. The Morgan fingerprint density at radius 3 is 2.48 bits per heavy atom. The van der Waals surface area contributed by atoms with Crippen molar-refractivity contribution in [3.05, 3.63) is 59.2 Å². The minimum Gasteiger partial charge on any atom is -0.507 e. The summed E-state index contributed by atoms with van der Waals surface area (Å²) in [6.45, 7) is 5.53. The molecule has 2 aromatic rings. The zero-order valence-electron chi connectivity index (χ0n) is 13.5. The van der Waals surface area contributed by atoms with Crippen molar-refractivity contribution in [1.82, 2.24) is 5.43 Å². The first-order chi connectivity index (χ1) is 11.0. The number of nitrogens with zero attached hydrogens (tertiary/aromatic N) is 1. The summed E-state index contributed by atoms with van der Waals surface area (Å²) in [6.07, 6.45) is 0. The van der Waals surface area contributed by atoms with Crippen molar-refractivity contribution in [1.29, 1.82) is 0 Å². The molecule has 0 aliphatic rings. The Kier molecular flexibility index (Phi) is 5.36. The number of carbonyl (C=O) groups excluding carboxylic acids is 1. The quantitative estimate of drug-likeness (QED) is 0.659. The van der Waals surface area contributed by atoms with Crippen LogP contribution in [0, 0.1) is 13.8 Å². The monoisotopic (exact) mass is 312 g/mol. The molecule has 2 N–H and O–H groups in total. The van der Waals surface area contributed by atoms with Gasteiger partial charge in [0.15, 0.2) is 6.61 Å². The van der Waals surface area contributed by atoms with Gasteiger partial charge in [0.25, 0.3) is 5.91 Å². The predicted octanol–water partition coefficient (Wildman–Crippen LogP) is 2.93. The minimum absolute atomic E-state index is 0.120. The van der Waals surface area contributed by atoms with E-state index in [1.165, 1.54) is 0 Å². The van der Waals surface area contributed by atoms with E-state index < -0.39 is 0 Å². The Morgan fingerprint density at radius 2 is 1.83 bits per heavy atom. The highest BCUT2D eigenvalue weighted by Crippen LogP contribution is 2.17. The van der Waals surface area contributed by atoms with E-state index in [1.807, 2.05) is 32.0 Å². The smallest absolute Gasteiger partial charge is 0.277 e. The Hall–Kier alpha value is -2.82. The largest absolute Gasteiger partial charge is 0.507 e. The van der Waals surface area contributed by atoms with E-state index in [1.54, 1.807) is 31.2 Å². The second-order valence-electron chi connectivity index (χ2n) is 5.36. The van der Waals surface area contributed by atoms with E-state index in [0.29, 0.717) is 17.0 Å². The first kappa shape index (κ1) is 16.5. The zero-order chi connectivity index (χ0) is 16.8. The number of carbonyl (C=O) groups is 1. The molecule has 0 saturated carbocycles. The van der Waals surface area contributed by atoms with Gasteiger partial charge in [-0.25, -0.2) is 5.43 Å². The fourth-order valence-electron chi connectivity index (χ4n) is 2.18. The first-order valence-electron chi connectivity index (χ1n) is 7.28. The normalized spacial score (nSPS) is 11.2. The number of aryl methyl sites for hydroxylation is 2. The van der Waals surface area contributed by atoms with Crippen molar-refractivity contribution in [2.24, 2.45) is 5.10 Å². The summed E-state index contributed by atoms with van der Waals surface area (Å²) < 4.78 is 5.46. The van der Waals surface area contributed by atoms with Crippen LogP contribution < -0.4 is 10.2 Å². The Bertz CT molecular complexity index is 719. The number of para-hydroxylation sites is 1. The number of hydrazone groups is 1. The molecule has 5 nitrogen and oxygen atoms in total. The number of aromatic hydroxyl groups is 1. The van der Waals surface area contributed by atoms with E-state index in [2.05, 4.69) is 10.5 Å². The second kappa shape index (κ2) is 7.45. The molecule has 0 aliphatic carbocycles. The van der Waals surface area contributed by atoms with E-state index >= 15 is 0 Å². The number of benzene rings is 2. The number of amides is 1. The first-order valence-corrected chi connectivity index (χ1v) is 7.28. The summed E-state index contributed by atoms with van der Waals surface area (Å²) >= 11 is 0. The molecule has 23 heavy (non-hydrogen) atoms. The molecule has 0 atom stereocenters. The molecule has 0 aliphatic heterocycles. The average molecular weight is 312 g/mol. The Balaban J connectivity index is 1.92. The topological polar surface area (TPSA) is 70.9 Å². The maximum absolute atomic E-state index is 11.8. The average Bonchev–Trinajstić information content (AvgIpc) is 2.50. The molecular formula is C18H20N2O3. The lowest BCUT2D eigenvalue weighted by Crippen LogP contribution is -2.25. The van der Waals surface area contributed by atoms with Crippen molar-refractivity contribution in [2.75, 3.05) is 6.61 Å². The van der Waals surface area contributed by atoms with Crippen LogP contribution >= 0.6 is 0 Å². The molecule has 0 heterocycles. The molecule has 0 bridgehead atoms. The fourth-order valence-corrected chi connectivity index (χ4v) is 2.18. The van der Waals surface area contributed by atoms with Gasteiger partial charge in [-0.1, -0.05) is 18.2 Å². The third kappa shape index (κ3) is 4.85. The van der Waals surface area contributed by atoms with Crippen LogP contribution in [0.2, 0.25) is 0 Å². The summed E-state index contributed by atoms with van der Waals surface area (Å²) in [5.41, 5.74) is 5.66. The van der Waals surface area contributed by atoms with Gasteiger partial charge < -0.3 is 9.84 Å². The standard InChI is InChI=1S/C18H20N2O3/c1-12-8-13(2)10-15(9-12)23-11-18(22)20-19-14(3)16-6-4-5-7-17(16)21/h4-10,21H,11H2,1-3H3,(H,20,22)/b19-14+. The second-order valence-corrected chi connectivity index (χ2v) is 5.36. The third-order valence-electron chi connectivity index (χ3n) is 3.21. The van der Waals surface area contributed by atoms with Crippen LogP contribution in [-0.2, 0) is 4.79 Å². The lowest BCUT2D eigenvalue weighted by atomic mass is 10.1. The van der Waals surface area contributed by atoms with E-state index in [9.17, 15) is 9.90 Å². The molecule has 0 fully saturated rings. The molecule has 5 heteroatoms. The summed E-state index contributed by atoms with van der Waals surface area (Å²) in [5.74, 6) is 0.410. The van der Waals surface area contributed by atoms with Crippen molar-refractivity contribution in [3.63, 3.8) is 0 Å². The van der Waals surface area contributed by atoms with Crippen LogP contribution in [0.3, 0.4) is 0 Å². The maximum Gasteiger partial charge on any atom is 0.277 e. The van der Waals surface area contributed by atoms with Crippen molar-refractivity contribution in [2.45, 2.75) is 20.8 Å². The van der Waals surface area contributed by atoms with Gasteiger partial charge in [-0.3, -0.25) is 4.79 Å². The number of phenolic OH excluding ortho intramolecular Hbond substituents is 1. The Labute approximate surface area is 135 Å². The molecule has 2 rings (SSSR count). The number of rotatable bonds is 5. The van der Waals surface area contributed by atoms with E-state index in [4.69, 9.17) is 4.74 Å². The summed E-state index contributed by atoms with van der Waals surface area (Å²) in [7, 11) is 0. The number of hydrogen-bond donors (Lipinski definition) is 2. The highest BCUT2D eigenvalue weighted by molar-refractivity contribution is 6.01. The van der Waals surface area contributed by atoms with Crippen molar-refractivity contribution in [3.8, 4) is 11.5 Å². The van der Waals surface area contributed by atoms with Crippen LogP contribution in [-0.4, -0.2) is 23.3 Å². The summed E-state index contributed by atoms with van der Waals surface area (Å²) in [4.78, 5) is 11.8. The SMILES string of the molecule is C/C(=N\NC(=O)COc1cc(C)cc(C)c1)c1ccccc1O. The van der Waals surface area contributed by atoms with Gasteiger partial charge in [0.05, 0.1) is 5.71 Å². The van der Waals surface area contributed by atoms with Crippen LogP contribution in [0.4, 0.5) is 0 Å². The van der Waals surface area contributed by atoms with Crippen molar-refractivity contribution >= 4 is 11.6 Å². The number of ether oxygens (including phenoxy) is 1. The lowest BCUT2D eigenvalue weighted by Gasteiger charge is -2.08. The fraction of sp³-hybridized carbons (Fsp3) is 0.222. The molecule has 0 spiro atoms. The van der Waals surface area contributed by atoms with Gasteiger partial charge in [0.2, 0.25) is 0 Å². The highest BCUT2D eigenvalue weighted by atomic mass is 16.5. The van der Waals surface area contributed by atoms with Crippen LogP contribution in [0.1, 0.15) is 23.6 Å². The third-order valence-corrected chi connectivity index (χ3v) is 3.21. The van der Waals surface area contributed by atoms with E-state index in [0.717, 1.165) is 11.1 Å². The van der Waals surface area contributed by atoms with Crippen molar-refractivity contribution < 1.29 is 14.6 Å². The molecule has 0 unspecified atom stereocenters. The van der Waals surface area contributed by atoms with Gasteiger partial charge >= 0.3 is 0 Å². The molecule has 1 amide bonds. The number of phenols is 1. The Morgan fingerprint density at radius 1 is 1.17 bits per heavy atom. The van der Waals surface area contributed by atoms with Crippen LogP contribution in [0.25, 0.3) is 0 Å². The summed E-state index contributed by atoms with van der Waals surface area (Å²) in [6, 6.07) is 12.6. The number of nitrogens with one attached hydrogen (secondary N) is 1. The van der Waals surface area contributed by atoms with E-state index in [-0.39, 0.29) is 18.3 Å². The predicted molar refractivity (Wildman–Crippen MR) is 89.9 cm³/mol. The summed E-state index contributed by atoms with van der Waals surface area (Å²) in [5, 5.41) is 13.7. The van der Waals surface area contributed by atoms with Crippen LogP contribution in [0.15, 0.2) is 47.6 Å². The molecule has 0 aromatic heterocycles. The van der Waals surface area contributed by atoms with Gasteiger partial charge in [0.1, 0.15) is 11.5 Å². The van der Waals surface area contributed by atoms with Crippen LogP contribution in [0.5, 0.6) is 11.5 Å². The number of hydrogen-bond acceptors (Lipinski definition) is 4. The van der Waals surface area contributed by atoms with Gasteiger partial charge in [0, 0.05) is 5.56 Å². The molecular weight excluding hydrogens is 292 g/mol.